The Labute approximate surface area is 588 Å². The van der Waals surface area contributed by atoms with E-state index in [2.05, 4.69) is 10.3 Å². The van der Waals surface area contributed by atoms with E-state index in [1.807, 2.05) is 249 Å². The van der Waals surface area contributed by atoms with Crippen molar-refractivity contribution in [3.05, 3.63) is 335 Å². The van der Waals surface area contributed by atoms with Crippen molar-refractivity contribution >= 4 is 27.6 Å². The van der Waals surface area contributed by atoms with Crippen molar-refractivity contribution in [3.8, 4) is 0 Å². The van der Waals surface area contributed by atoms with Crippen molar-refractivity contribution in [2.24, 2.45) is 0 Å². The van der Waals surface area contributed by atoms with Gasteiger partial charge >= 0.3 is 27.6 Å². The summed E-state index contributed by atoms with van der Waals surface area (Å²) in [4.78, 5) is 26.0. The van der Waals surface area contributed by atoms with Crippen LogP contribution in [0.1, 0.15) is 82.3 Å². The summed E-state index contributed by atoms with van der Waals surface area (Å²) in [5, 5.41) is 9.08. The largest absolute Gasteiger partial charge is 0.475 e. The Morgan fingerprint density at radius 1 is 0.436 bits per heavy atom. The molecule has 1 aliphatic heterocycles. The van der Waals surface area contributed by atoms with Crippen molar-refractivity contribution in [2.75, 3.05) is 19.8 Å². The molecule has 10 aromatic rings. The van der Waals surface area contributed by atoms with E-state index in [1.54, 1.807) is 30.5 Å². The second-order valence-electron chi connectivity index (χ2n) is 23.8. The highest BCUT2D eigenvalue weighted by Gasteiger charge is 2.52. The van der Waals surface area contributed by atoms with E-state index < -0.39 is 82.6 Å². The fourth-order valence-corrected chi connectivity index (χ4v) is 13.9. The fraction of sp³-hybridized carbons (Fsp3) is 0.266. The number of nitrogens with zero attached hydrogens (tertiary/aromatic N) is 3. The van der Waals surface area contributed by atoms with Gasteiger partial charge in [-0.25, -0.2) is 13.8 Å². The smallest absolute Gasteiger partial charge is 0.456 e. The molecule has 11 rings (SSSR count). The van der Waals surface area contributed by atoms with E-state index in [0.717, 1.165) is 38.9 Å². The summed E-state index contributed by atoms with van der Waals surface area (Å²) in [7, 11) is -8.75. The zero-order valence-electron chi connectivity index (χ0n) is 56.1. The highest BCUT2D eigenvalue weighted by molar-refractivity contribution is 7.48. The van der Waals surface area contributed by atoms with Crippen LogP contribution in [0.2, 0.25) is 0 Å². The third-order valence-corrected chi connectivity index (χ3v) is 19.2. The summed E-state index contributed by atoms with van der Waals surface area (Å²) in [5.74, 6) is -1.46. The molecule has 20 nitrogen and oxygen atoms in total. The molecule has 0 radical (unpaired) electrons. The molecule has 0 bridgehead atoms. The molecular formula is C79H81N3O17P2. The number of hydrogen-bond acceptors (Lipinski definition) is 19. The Balaban J connectivity index is 0.941. The van der Waals surface area contributed by atoms with E-state index in [0.29, 0.717) is 11.1 Å². The molecule has 9 aromatic carbocycles. The molecule has 1 aliphatic rings. The fourth-order valence-electron chi connectivity index (χ4n) is 11.5. The lowest BCUT2D eigenvalue weighted by molar-refractivity contribution is -0.179. The minimum absolute atomic E-state index is 0.0512. The quantitative estimate of drug-likeness (QED) is 0.0199. The van der Waals surface area contributed by atoms with Gasteiger partial charge in [-0.1, -0.05) is 278 Å². The lowest BCUT2D eigenvalue weighted by atomic mass is 9.80. The molecule has 0 aliphatic carbocycles. The van der Waals surface area contributed by atoms with Gasteiger partial charge in [0.25, 0.3) is 0 Å². The van der Waals surface area contributed by atoms with Gasteiger partial charge < -0.3 is 33.2 Å². The minimum atomic E-state index is -4.43. The van der Waals surface area contributed by atoms with Crippen molar-refractivity contribution in [3.63, 3.8) is 0 Å². The van der Waals surface area contributed by atoms with Crippen LogP contribution in [0.25, 0.3) is 0 Å². The number of aromatic nitrogens is 3. The van der Waals surface area contributed by atoms with Gasteiger partial charge in [-0.15, -0.1) is 5.10 Å². The number of benzene rings is 9. The maximum absolute atomic E-state index is 15.0. The van der Waals surface area contributed by atoms with E-state index in [1.165, 1.54) is 18.5 Å². The standard InChI is InChI=1S/C79H81N3O17P2/c1-60(83)97-76-74(59-96-101(86,94-55-66-38-20-7-21-39-66)95-56-67-40-22-8-23-41-67)99-78(77(76)98-61(2)84)82-50-71(80-81-82)57-88-73(58-90-79(68-42-24-9-25-43-68,69-44-26-10-27-45-69)70-46-28-11-29-47-70)75(89-52-63-32-14-4-15-33-63)72(87-51-62-30-12-3-13-31-62)48-49-91-100(85,92-53-64-34-16-5-17-35-64)93-54-65-36-18-6-19-37-65/h3-47,50,72-78H,48-49,51-59H2,1-2H3/t72-,73-,74-,75+,76-,77-,78-/m1/s1. The molecule has 101 heavy (non-hydrogen) atoms. The van der Waals surface area contributed by atoms with Crippen molar-refractivity contribution in [1.29, 1.82) is 0 Å². The van der Waals surface area contributed by atoms with Gasteiger partial charge in [0.2, 0.25) is 0 Å². The normalized spacial score (nSPS) is 16.5. The van der Waals surface area contributed by atoms with Gasteiger partial charge in [0, 0.05) is 20.3 Å². The van der Waals surface area contributed by atoms with E-state index in [9.17, 15) is 18.7 Å². The van der Waals surface area contributed by atoms with Crippen LogP contribution in [0.5, 0.6) is 0 Å². The summed E-state index contributed by atoms with van der Waals surface area (Å²) < 4.78 is 115. The summed E-state index contributed by atoms with van der Waals surface area (Å²) in [6, 6.07) is 86.0. The number of carbonyl (C=O) groups is 2. The van der Waals surface area contributed by atoms with Crippen LogP contribution in [0.4, 0.5) is 0 Å². The first kappa shape index (κ1) is 73.3. The van der Waals surface area contributed by atoms with Crippen LogP contribution < -0.4 is 0 Å². The number of phosphoric acid groups is 2. The second-order valence-corrected chi connectivity index (χ2v) is 27.1. The number of carbonyl (C=O) groups excluding carboxylic acids is 2. The van der Waals surface area contributed by atoms with Crippen LogP contribution in [0, 0.1) is 0 Å². The van der Waals surface area contributed by atoms with Crippen LogP contribution in [-0.2, 0) is 131 Å². The molecule has 1 saturated heterocycles. The highest BCUT2D eigenvalue weighted by Crippen LogP contribution is 2.53. The zero-order chi connectivity index (χ0) is 70.0. The minimum Gasteiger partial charge on any atom is -0.456 e. The topological polar surface area (TPSA) is 219 Å². The Kier molecular flexibility index (Phi) is 26.9. The first-order chi connectivity index (χ1) is 49.4. The third-order valence-electron chi connectivity index (χ3n) is 16.5. The van der Waals surface area contributed by atoms with E-state index in [-0.39, 0.29) is 71.6 Å². The molecule has 524 valence electrons. The maximum Gasteiger partial charge on any atom is 0.475 e. The predicted molar refractivity (Wildman–Crippen MR) is 375 cm³/mol. The Morgan fingerprint density at radius 2 is 0.792 bits per heavy atom. The lowest BCUT2D eigenvalue weighted by Crippen LogP contribution is -2.47. The maximum atomic E-state index is 15.0. The first-order valence-electron chi connectivity index (χ1n) is 33.3. The summed E-state index contributed by atoms with van der Waals surface area (Å²) in [6.45, 7) is 1.03. The number of hydrogen-bond donors (Lipinski definition) is 0. The Morgan fingerprint density at radius 3 is 1.20 bits per heavy atom. The molecule has 1 fully saturated rings. The molecule has 2 heterocycles. The molecule has 0 spiro atoms. The van der Waals surface area contributed by atoms with Crippen LogP contribution in [0.15, 0.2) is 279 Å². The number of ether oxygens (including phenoxy) is 7. The van der Waals surface area contributed by atoms with Crippen molar-refractivity contribution in [2.45, 2.75) is 115 Å². The van der Waals surface area contributed by atoms with Crippen molar-refractivity contribution < 1.29 is 79.0 Å². The number of esters is 2. The van der Waals surface area contributed by atoms with Gasteiger partial charge in [-0.05, 0) is 50.1 Å². The number of rotatable bonds is 39. The molecular weight excluding hydrogens is 1320 g/mol. The van der Waals surface area contributed by atoms with Crippen molar-refractivity contribution in [1.82, 2.24) is 15.0 Å². The van der Waals surface area contributed by atoms with Gasteiger partial charge in [0.1, 0.15) is 29.6 Å². The van der Waals surface area contributed by atoms with E-state index >= 15 is 0 Å². The second kappa shape index (κ2) is 37.1. The van der Waals surface area contributed by atoms with Gasteiger partial charge in [0.15, 0.2) is 18.4 Å². The summed E-state index contributed by atoms with van der Waals surface area (Å²) in [5.41, 5.74) is 6.09. The molecule has 0 N–H and O–H groups in total. The van der Waals surface area contributed by atoms with E-state index in [4.69, 9.17) is 60.3 Å². The molecule has 22 heteroatoms. The third kappa shape index (κ3) is 21.3. The summed E-state index contributed by atoms with van der Waals surface area (Å²) >= 11 is 0. The SMILES string of the molecule is CC(=O)O[C@@H]1[C@H](OC(C)=O)[C@@H](COP(=O)(OCc2ccccc2)OCc2ccccc2)O[C@H]1n1cc(CO[C@H](COC(c2ccccc2)(c2ccccc2)c2ccccc2)[C@@H](OCc2ccccc2)[C@@H](CCOP(=O)(OCc2ccccc2)OCc2ccccc2)OCc2ccccc2)nn1. The molecule has 0 saturated carbocycles. The van der Waals surface area contributed by atoms with Gasteiger partial charge in [-0.2, -0.15) is 0 Å². The molecule has 0 amide bonds. The van der Waals surface area contributed by atoms with Gasteiger partial charge in [0.05, 0.1) is 78.4 Å². The van der Waals surface area contributed by atoms with Crippen LogP contribution in [-0.4, -0.2) is 83.4 Å². The lowest BCUT2D eigenvalue weighted by Gasteiger charge is -2.39. The zero-order valence-corrected chi connectivity index (χ0v) is 57.8. The average Bonchev–Trinajstić information content (AvgIpc) is 1.31. The first-order valence-corrected chi connectivity index (χ1v) is 36.2. The molecule has 0 unspecified atom stereocenters. The molecule has 7 atom stereocenters. The van der Waals surface area contributed by atoms with Gasteiger partial charge in [-0.3, -0.25) is 36.7 Å². The Bertz CT molecular complexity index is 3990. The average molecular weight is 1410 g/mol. The molecule has 1 aromatic heterocycles. The monoisotopic (exact) mass is 1410 g/mol. The van der Waals surface area contributed by atoms with Crippen LogP contribution in [0.3, 0.4) is 0 Å². The summed E-state index contributed by atoms with van der Waals surface area (Å²) in [6.07, 6.45) is -6.65. The Hall–Kier alpha value is -8.92. The highest BCUT2D eigenvalue weighted by atomic mass is 31.2. The van der Waals surface area contributed by atoms with Crippen LogP contribution >= 0.6 is 15.6 Å². The predicted octanol–water partition coefficient (Wildman–Crippen LogP) is 15.6. The number of phosphoric ester groups is 2.